The highest BCUT2D eigenvalue weighted by Gasteiger charge is 2.26. The van der Waals surface area contributed by atoms with Crippen molar-refractivity contribution in [2.45, 2.75) is 72.5 Å². The van der Waals surface area contributed by atoms with Gasteiger partial charge in [-0.25, -0.2) is 4.79 Å². The Balaban J connectivity index is 1.83. The minimum Gasteiger partial charge on any atom is -0.467 e. The molecule has 6 heteroatoms. The summed E-state index contributed by atoms with van der Waals surface area (Å²) in [6.45, 7) is 13.1. The summed E-state index contributed by atoms with van der Waals surface area (Å²) in [4.78, 5) is 30.5. The standard InChI is InChI=1S/C30H39N3O3/c1-21(2)26-15-10-16-27(22(3)4)29(26)31-30(35)33(23(5)6)20-28(34)32(19-25-14-11-17-36-25)18-24-12-8-7-9-13-24/h7-17,21-23H,18-20H2,1-6H3,(H,31,35). The second-order valence-corrected chi connectivity index (χ2v) is 10.1. The highest BCUT2D eigenvalue weighted by Crippen LogP contribution is 2.32. The summed E-state index contributed by atoms with van der Waals surface area (Å²) >= 11 is 0. The van der Waals surface area contributed by atoms with E-state index in [0.29, 0.717) is 18.8 Å². The molecule has 3 amide bonds. The van der Waals surface area contributed by atoms with Crippen LogP contribution >= 0.6 is 0 Å². The highest BCUT2D eigenvalue weighted by molar-refractivity contribution is 5.94. The number of amides is 3. The molecule has 0 unspecified atom stereocenters. The van der Waals surface area contributed by atoms with E-state index >= 15 is 0 Å². The Morgan fingerprint density at radius 1 is 0.806 bits per heavy atom. The zero-order valence-corrected chi connectivity index (χ0v) is 22.3. The van der Waals surface area contributed by atoms with E-state index in [4.69, 9.17) is 4.42 Å². The van der Waals surface area contributed by atoms with Gasteiger partial charge in [0.1, 0.15) is 12.3 Å². The molecule has 36 heavy (non-hydrogen) atoms. The van der Waals surface area contributed by atoms with Crippen LogP contribution in [-0.2, 0) is 17.9 Å². The van der Waals surface area contributed by atoms with Crippen LogP contribution in [-0.4, -0.2) is 34.3 Å². The summed E-state index contributed by atoms with van der Waals surface area (Å²) in [5, 5.41) is 3.16. The second kappa shape index (κ2) is 12.4. The van der Waals surface area contributed by atoms with Crippen LogP contribution in [0.2, 0.25) is 0 Å². The molecule has 192 valence electrons. The minimum absolute atomic E-state index is 0.0299. The molecule has 0 fully saturated rings. The van der Waals surface area contributed by atoms with Crippen LogP contribution in [0.1, 0.15) is 75.8 Å². The van der Waals surface area contributed by atoms with Gasteiger partial charge in [-0.2, -0.15) is 0 Å². The topological polar surface area (TPSA) is 65.8 Å². The predicted octanol–water partition coefficient (Wildman–Crippen LogP) is 7.00. The van der Waals surface area contributed by atoms with Crippen molar-refractivity contribution >= 4 is 17.6 Å². The Labute approximate surface area is 215 Å². The van der Waals surface area contributed by atoms with Crippen molar-refractivity contribution in [1.29, 1.82) is 0 Å². The number of anilines is 1. The van der Waals surface area contributed by atoms with Gasteiger partial charge in [-0.3, -0.25) is 4.79 Å². The van der Waals surface area contributed by atoms with E-state index < -0.39 is 0 Å². The number of hydrogen-bond donors (Lipinski definition) is 1. The Morgan fingerprint density at radius 2 is 1.44 bits per heavy atom. The van der Waals surface area contributed by atoms with Crippen LogP contribution in [0, 0.1) is 0 Å². The normalized spacial score (nSPS) is 11.2. The molecule has 1 aromatic heterocycles. The molecule has 3 rings (SSSR count). The molecule has 0 atom stereocenters. The van der Waals surface area contributed by atoms with E-state index in [0.717, 1.165) is 22.4 Å². The lowest BCUT2D eigenvalue weighted by Crippen LogP contribution is -2.47. The quantitative estimate of drug-likeness (QED) is 0.333. The van der Waals surface area contributed by atoms with E-state index in [9.17, 15) is 9.59 Å². The first-order chi connectivity index (χ1) is 17.2. The van der Waals surface area contributed by atoms with Crippen LogP contribution in [0.5, 0.6) is 0 Å². The van der Waals surface area contributed by atoms with Gasteiger partial charge in [0.25, 0.3) is 0 Å². The molecule has 0 radical (unpaired) electrons. The van der Waals surface area contributed by atoms with Gasteiger partial charge in [-0.05, 0) is 54.5 Å². The first-order valence-corrected chi connectivity index (χ1v) is 12.7. The third kappa shape index (κ3) is 7.00. The van der Waals surface area contributed by atoms with Crippen molar-refractivity contribution in [1.82, 2.24) is 9.80 Å². The van der Waals surface area contributed by atoms with Crippen molar-refractivity contribution in [3.8, 4) is 0 Å². The monoisotopic (exact) mass is 489 g/mol. The average molecular weight is 490 g/mol. The number of nitrogens with zero attached hydrogens (tertiary/aromatic N) is 2. The third-order valence-corrected chi connectivity index (χ3v) is 6.29. The number of hydrogen-bond acceptors (Lipinski definition) is 3. The van der Waals surface area contributed by atoms with Gasteiger partial charge in [-0.1, -0.05) is 76.2 Å². The number of carbonyl (C=O) groups is 2. The summed E-state index contributed by atoms with van der Waals surface area (Å²) in [7, 11) is 0. The Kier molecular flexibility index (Phi) is 9.34. The van der Waals surface area contributed by atoms with Gasteiger partial charge in [0, 0.05) is 18.3 Å². The Morgan fingerprint density at radius 3 is 1.97 bits per heavy atom. The first kappa shape index (κ1) is 27.1. The maximum Gasteiger partial charge on any atom is 0.322 e. The molecule has 2 aromatic carbocycles. The molecule has 3 aromatic rings. The number of carbonyl (C=O) groups excluding carboxylic acids is 2. The summed E-state index contributed by atoms with van der Waals surface area (Å²) < 4.78 is 5.52. The second-order valence-electron chi connectivity index (χ2n) is 10.1. The molecule has 1 N–H and O–H groups in total. The van der Waals surface area contributed by atoms with E-state index in [-0.39, 0.29) is 36.4 Å². The molecule has 1 heterocycles. The summed E-state index contributed by atoms with van der Waals surface area (Å²) in [6.07, 6.45) is 1.60. The Hall–Kier alpha value is -3.54. The molecular formula is C30H39N3O3. The van der Waals surface area contributed by atoms with E-state index in [2.05, 4.69) is 45.1 Å². The summed E-state index contributed by atoms with van der Waals surface area (Å²) in [5.41, 5.74) is 4.05. The fourth-order valence-corrected chi connectivity index (χ4v) is 4.24. The van der Waals surface area contributed by atoms with Crippen molar-refractivity contribution in [2.75, 3.05) is 11.9 Å². The lowest BCUT2D eigenvalue weighted by molar-refractivity contribution is -0.133. The fraction of sp³-hybridized carbons (Fsp3) is 0.400. The SMILES string of the molecule is CC(C)c1cccc(C(C)C)c1NC(=O)N(CC(=O)N(Cc1ccccc1)Cc1ccco1)C(C)C. The van der Waals surface area contributed by atoms with Crippen molar-refractivity contribution < 1.29 is 14.0 Å². The number of para-hydroxylation sites is 1. The van der Waals surface area contributed by atoms with Crippen molar-refractivity contribution in [2.24, 2.45) is 0 Å². The lowest BCUT2D eigenvalue weighted by atomic mass is 9.93. The molecule has 0 aliphatic carbocycles. The first-order valence-electron chi connectivity index (χ1n) is 12.7. The fourth-order valence-electron chi connectivity index (χ4n) is 4.24. The molecular weight excluding hydrogens is 450 g/mol. The van der Waals surface area contributed by atoms with Crippen molar-refractivity contribution in [3.63, 3.8) is 0 Å². The number of furan rings is 1. The van der Waals surface area contributed by atoms with Gasteiger partial charge in [0.2, 0.25) is 5.91 Å². The van der Waals surface area contributed by atoms with E-state index in [1.54, 1.807) is 16.1 Å². The zero-order chi connectivity index (χ0) is 26.2. The van der Waals surface area contributed by atoms with Gasteiger partial charge in [-0.15, -0.1) is 0 Å². The van der Waals surface area contributed by atoms with E-state index in [1.807, 2.05) is 62.4 Å². The largest absolute Gasteiger partial charge is 0.467 e. The molecule has 0 bridgehead atoms. The van der Waals surface area contributed by atoms with Gasteiger partial charge in [0.05, 0.1) is 12.8 Å². The maximum absolute atomic E-state index is 13.6. The smallest absolute Gasteiger partial charge is 0.322 e. The number of rotatable bonds is 10. The van der Waals surface area contributed by atoms with Crippen LogP contribution < -0.4 is 5.32 Å². The maximum atomic E-state index is 13.6. The molecule has 0 spiro atoms. The van der Waals surface area contributed by atoms with Crippen LogP contribution in [0.15, 0.2) is 71.3 Å². The average Bonchev–Trinajstić information content (AvgIpc) is 3.35. The summed E-state index contributed by atoms with van der Waals surface area (Å²) in [6, 6.07) is 19.2. The van der Waals surface area contributed by atoms with Crippen LogP contribution in [0.4, 0.5) is 10.5 Å². The summed E-state index contributed by atoms with van der Waals surface area (Å²) in [5.74, 6) is 1.07. The number of nitrogens with one attached hydrogen (secondary N) is 1. The number of benzene rings is 2. The van der Waals surface area contributed by atoms with Gasteiger partial charge < -0.3 is 19.5 Å². The van der Waals surface area contributed by atoms with Gasteiger partial charge in [0.15, 0.2) is 0 Å². The molecule has 0 aliphatic heterocycles. The highest BCUT2D eigenvalue weighted by atomic mass is 16.3. The van der Waals surface area contributed by atoms with Crippen molar-refractivity contribution in [3.05, 3.63) is 89.4 Å². The van der Waals surface area contributed by atoms with Gasteiger partial charge >= 0.3 is 6.03 Å². The zero-order valence-electron chi connectivity index (χ0n) is 22.3. The molecule has 0 saturated carbocycles. The molecule has 0 aliphatic rings. The third-order valence-electron chi connectivity index (χ3n) is 6.29. The lowest BCUT2D eigenvalue weighted by Gasteiger charge is -2.31. The number of urea groups is 1. The Bertz CT molecular complexity index is 1100. The predicted molar refractivity (Wildman–Crippen MR) is 145 cm³/mol. The van der Waals surface area contributed by atoms with E-state index in [1.165, 1.54) is 0 Å². The molecule has 6 nitrogen and oxygen atoms in total. The molecule has 0 saturated heterocycles. The van der Waals surface area contributed by atoms with Crippen LogP contribution in [0.25, 0.3) is 0 Å². The van der Waals surface area contributed by atoms with Crippen LogP contribution in [0.3, 0.4) is 0 Å². The minimum atomic E-state index is -0.272.